The first-order valence-corrected chi connectivity index (χ1v) is 4.86. The maximum Gasteiger partial charge on any atom is 0.0699 e. The Labute approximate surface area is 73.0 Å². The minimum absolute atomic E-state index is 0.196. The molecule has 0 unspecified atom stereocenters. The molecule has 3 nitrogen and oxygen atoms in total. The highest BCUT2D eigenvalue weighted by Gasteiger charge is 2.40. The lowest BCUT2D eigenvalue weighted by atomic mass is 9.91. The molecule has 0 aliphatic carbocycles. The zero-order chi connectivity index (χ0) is 8.55. The van der Waals surface area contributed by atoms with E-state index in [1.165, 1.54) is 0 Å². The van der Waals surface area contributed by atoms with Gasteiger partial charge in [0.2, 0.25) is 0 Å². The van der Waals surface area contributed by atoms with Crippen LogP contribution in [0, 0.1) is 5.92 Å². The number of piperidine rings is 1. The molecule has 2 heterocycles. The van der Waals surface area contributed by atoms with Crippen LogP contribution in [0.2, 0.25) is 0 Å². The molecule has 2 rings (SSSR count). The van der Waals surface area contributed by atoms with Crippen LogP contribution in [0.15, 0.2) is 0 Å². The summed E-state index contributed by atoms with van der Waals surface area (Å²) in [5.74, 6) is 0.320. The molecule has 2 aliphatic rings. The first kappa shape index (κ1) is 8.48. The second-order valence-corrected chi connectivity index (χ2v) is 3.97. The van der Waals surface area contributed by atoms with E-state index < -0.39 is 0 Å². The summed E-state index contributed by atoms with van der Waals surface area (Å²) in [5, 5.41) is 18.8. The topological polar surface area (TPSA) is 43.7 Å². The van der Waals surface area contributed by atoms with Crippen molar-refractivity contribution in [1.82, 2.24) is 4.90 Å². The van der Waals surface area contributed by atoms with Crippen LogP contribution in [-0.2, 0) is 0 Å². The molecule has 0 aromatic carbocycles. The largest absolute Gasteiger partial charge is 0.396 e. The lowest BCUT2D eigenvalue weighted by molar-refractivity contribution is 0.00677. The van der Waals surface area contributed by atoms with E-state index in [4.69, 9.17) is 5.11 Å². The van der Waals surface area contributed by atoms with Gasteiger partial charge >= 0.3 is 0 Å². The molecular formula is C9H17NO2. The number of aliphatic hydroxyl groups excluding tert-OH is 2. The van der Waals surface area contributed by atoms with Crippen molar-refractivity contribution in [2.75, 3.05) is 19.7 Å². The molecule has 70 valence electrons. The fourth-order valence-electron chi connectivity index (χ4n) is 2.64. The molecular weight excluding hydrogens is 154 g/mol. The van der Waals surface area contributed by atoms with Gasteiger partial charge < -0.3 is 10.2 Å². The zero-order valence-corrected chi connectivity index (χ0v) is 7.32. The Kier molecular flexibility index (Phi) is 2.35. The van der Waals surface area contributed by atoms with Gasteiger partial charge in [0, 0.05) is 18.6 Å². The van der Waals surface area contributed by atoms with Crippen LogP contribution in [0.25, 0.3) is 0 Å². The van der Waals surface area contributed by atoms with Crippen molar-refractivity contribution in [3.8, 4) is 0 Å². The molecule has 0 aromatic rings. The van der Waals surface area contributed by atoms with Crippen LogP contribution in [0.4, 0.5) is 0 Å². The maximum absolute atomic E-state index is 9.73. The monoisotopic (exact) mass is 171 g/mol. The van der Waals surface area contributed by atoms with E-state index in [1.807, 2.05) is 0 Å². The van der Waals surface area contributed by atoms with Crippen molar-refractivity contribution in [3.05, 3.63) is 0 Å². The molecule has 2 N–H and O–H groups in total. The minimum Gasteiger partial charge on any atom is -0.396 e. The van der Waals surface area contributed by atoms with E-state index in [0.717, 1.165) is 32.4 Å². The first-order valence-electron chi connectivity index (χ1n) is 4.86. The summed E-state index contributed by atoms with van der Waals surface area (Å²) >= 11 is 0. The number of rotatable bonds is 1. The molecule has 2 aliphatic heterocycles. The Bertz CT molecular complexity index is 157. The molecule has 0 aromatic heterocycles. The average molecular weight is 171 g/mol. The fourth-order valence-corrected chi connectivity index (χ4v) is 2.64. The summed E-state index contributed by atoms with van der Waals surface area (Å²) < 4.78 is 0. The van der Waals surface area contributed by atoms with Crippen LogP contribution in [-0.4, -0.2) is 47.0 Å². The SMILES string of the molecule is OC[C@@H]1CCN2CCC[C@H](O)[C@H]12. The van der Waals surface area contributed by atoms with Crippen molar-refractivity contribution >= 4 is 0 Å². The van der Waals surface area contributed by atoms with E-state index in [1.54, 1.807) is 0 Å². The van der Waals surface area contributed by atoms with Gasteiger partial charge in [-0.05, 0) is 32.4 Å². The number of hydrogen-bond acceptors (Lipinski definition) is 3. The predicted octanol–water partition coefficient (Wildman–Crippen LogP) is -0.176. The first-order chi connectivity index (χ1) is 5.83. The highest BCUT2D eigenvalue weighted by atomic mass is 16.3. The lowest BCUT2D eigenvalue weighted by Crippen LogP contribution is -2.47. The van der Waals surface area contributed by atoms with Gasteiger partial charge in [-0.2, -0.15) is 0 Å². The molecule has 0 amide bonds. The third-order valence-electron chi connectivity index (χ3n) is 3.27. The normalized spacial score (nSPS) is 43.0. The van der Waals surface area contributed by atoms with Gasteiger partial charge in [0.25, 0.3) is 0 Å². The van der Waals surface area contributed by atoms with Gasteiger partial charge in [-0.25, -0.2) is 0 Å². The summed E-state index contributed by atoms with van der Waals surface area (Å²) in [5.41, 5.74) is 0. The van der Waals surface area contributed by atoms with Gasteiger partial charge in [0.15, 0.2) is 0 Å². The summed E-state index contributed by atoms with van der Waals surface area (Å²) in [6.45, 7) is 2.41. The van der Waals surface area contributed by atoms with Crippen molar-refractivity contribution < 1.29 is 10.2 Å². The fraction of sp³-hybridized carbons (Fsp3) is 1.00. The molecule has 3 heteroatoms. The van der Waals surface area contributed by atoms with Gasteiger partial charge in [-0.3, -0.25) is 4.90 Å². The standard InChI is InChI=1S/C9H17NO2/c11-6-7-3-5-10-4-1-2-8(12)9(7)10/h7-9,11-12H,1-6H2/t7-,8-,9-/m0/s1. The Hall–Kier alpha value is -0.120. The Balaban J connectivity index is 2.06. The number of fused-ring (bicyclic) bond motifs is 1. The molecule has 0 bridgehead atoms. The van der Waals surface area contributed by atoms with Gasteiger partial charge in [0.05, 0.1) is 6.10 Å². The van der Waals surface area contributed by atoms with Crippen LogP contribution >= 0.6 is 0 Å². The third kappa shape index (κ3) is 1.26. The van der Waals surface area contributed by atoms with Gasteiger partial charge in [0.1, 0.15) is 0 Å². The van der Waals surface area contributed by atoms with Crippen LogP contribution in [0.5, 0.6) is 0 Å². The quantitative estimate of drug-likeness (QED) is 0.575. The van der Waals surface area contributed by atoms with Crippen molar-refractivity contribution in [2.45, 2.75) is 31.4 Å². The molecule has 12 heavy (non-hydrogen) atoms. The molecule has 2 fully saturated rings. The molecule has 0 spiro atoms. The Morgan fingerprint density at radius 3 is 2.83 bits per heavy atom. The number of hydrogen-bond donors (Lipinski definition) is 2. The molecule has 0 saturated carbocycles. The second kappa shape index (κ2) is 3.32. The Morgan fingerprint density at radius 1 is 1.25 bits per heavy atom. The van der Waals surface area contributed by atoms with Crippen molar-refractivity contribution in [3.63, 3.8) is 0 Å². The lowest BCUT2D eigenvalue weighted by Gasteiger charge is -2.36. The number of nitrogens with zero attached hydrogens (tertiary/aromatic N) is 1. The second-order valence-electron chi connectivity index (χ2n) is 3.97. The predicted molar refractivity (Wildman–Crippen MR) is 45.8 cm³/mol. The van der Waals surface area contributed by atoms with Crippen LogP contribution in [0.3, 0.4) is 0 Å². The maximum atomic E-state index is 9.73. The highest BCUT2D eigenvalue weighted by molar-refractivity contribution is 4.94. The van der Waals surface area contributed by atoms with Gasteiger partial charge in [-0.1, -0.05) is 0 Å². The average Bonchev–Trinajstić information content (AvgIpc) is 2.49. The smallest absolute Gasteiger partial charge is 0.0699 e. The summed E-state index contributed by atoms with van der Waals surface area (Å²) in [4.78, 5) is 2.33. The van der Waals surface area contributed by atoms with E-state index in [9.17, 15) is 5.11 Å². The summed E-state index contributed by atoms with van der Waals surface area (Å²) in [7, 11) is 0. The Morgan fingerprint density at radius 2 is 2.08 bits per heavy atom. The zero-order valence-electron chi connectivity index (χ0n) is 7.32. The van der Waals surface area contributed by atoms with Crippen molar-refractivity contribution in [2.24, 2.45) is 5.92 Å². The minimum atomic E-state index is -0.196. The van der Waals surface area contributed by atoms with Gasteiger partial charge in [-0.15, -0.1) is 0 Å². The van der Waals surface area contributed by atoms with E-state index in [0.29, 0.717) is 5.92 Å². The van der Waals surface area contributed by atoms with Crippen molar-refractivity contribution in [1.29, 1.82) is 0 Å². The summed E-state index contributed by atoms with van der Waals surface area (Å²) in [6, 6.07) is 0.253. The van der Waals surface area contributed by atoms with Crippen LogP contribution < -0.4 is 0 Å². The van der Waals surface area contributed by atoms with E-state index in [2.05, 4.69) is 4.90 Å². The highest BCUT2D eigenvalue weighted by Crippen LogP contribution is 2.31. The molecule has 3 atom stereocenters. The van der Waals surface area contributed by atoms with Crippen LogP contribution in [0.1, 0.15) is 19.3 Å². The summed E-state index contributed by atoms with van der Waals surface area (Å²) in [6.07, 6.45) is 2.88. The third-order valence-corrected chi connectivity index (χ3v) is 3.27. The number of aliphatic hydroxyl groups is 2. The van der Waals surface area contributed by atoms with E-state index >= 15 is 0 Å². The molecule has 2 saturated heterocycles. The molecule has 0 radical (unpaired) electrons. The van der Waals surface area contributed by atoms with E-state index in [-0.39, 0.29) is 18.8 Å².